The van der Waals surface area contributed by atoms with Gasteiger partial charge in [0.05, 0.1) is 0 Å². The van der Waals surface area contributed by atoms with Gasteiger partial charge in [0, 0.05) is 59.2 Å². The van der Waals surface area contributed by atoms with Crippen molar-refractivity contribution >= 4 is 28.9 Å². The van der Waals surface area contributed by atoms with Crippen LogP contribution in [0.3, 0.4) is 0 Å². The zero-order valence-electron chi connectivity index (χ0n) is 21.7. The van der Waals surface area contributed by atoms with Gasteiger partial charge in [-0.2, -0.15) is 0 Å². The van der Waals surface area contributed by atoms with Gasteiger partial charge in [-0.15, -0.1) is 0 Å². The SMILES string of the molecule is Cc1cc(C)nc(Nc2ccc(C(=O)Nc3ccc(N4CCC(N5CCCC5C)C4)cc3C)cc2)n1. The third kappa shape index (κ3) is 5.36. The number of hydrogen-bond donors (Lipinski definition) is 2. The third-order valence-corrected chi connectivity index (χ3v) is 7.45. The van der Waals surface area contributed by atoms with Crippen LogP contribution in [0.25, 0.3) is 0 Å². The van der Waals surface area contributed by atoms with Crippen molar-refractivity contribution in [3.63, 3.8) is 0 Å². The van der Waals surface area contributed by atoms with Gasteiger partial charge in [-0.3, -0.25) is 9.69 Å². The minimum Gasteiger partial charge on any atom is -0.370 e. The highest BCUT2D eigenvalue weighted by atomic mass is 16.1. The highest BCUT2D eigenvalue weighted by Crippen LogP contribution is 2.30. The average Bonchev–Trinajstić information content (AvgIpc) is 3.49. The molecule has 2 fully saturated rings. The van der Waals surface area contributed by atoms with Crippen LogP contribution in [-0.4, -0.2) is 52.5 Å². The molecule has 2 atom stereocenters. The van der Waals surface area contributed by atoms with E-state index in [9.17, 15) is 4.79 Å². The molecule has 2 N–H and O–H groups in total. The van der Waals surface area contributed by atoms with E-state index < -0.39 is 0 Å². The Hall–Kier alpha value is -3.45. The number of nitrogens with zero attached hydrogens (tertiary/aromatic N) is 4. The summed E-state index contributed by atoms with van der Waals surface area (Å²) < 4.78 is 0. The molecule has 2 aromatic carbocycles. The van der Waals surface area contributed by atoms with Gasteiger partial charge in [-0.1, -0.05) is 0 Å². The summed E-state index contributed by atoms with van der Waals surface area (Å²) in [4.78, 5) is 26.9. The zero-order valence-corrected chi connectivity index (χ0v) is 21.7. The van der Waals surface area contributed by atoms with Crippen LogP contribution in [0.2, 0.25) is 0 Å². The fourth-order valence-electron chi connectivity index (χ4n) is 5.54. The number of likely N-dealkylation sites (tertiary alicyclic amines) is 1. The Balaban J connectivity index is 1.20. The number of carbonyl (C=O) groups excluding carboxylic acids is 1. The Morgan fingerprint density at radius 1 is 0.944 bits per heavy atom. The van der Waals surface area contributed by atoms with Crippen molar-refractivity contribution in [2.75, 3.05) is 35.2 Å². The van der Waals surface area contributed by atoms with Crippen molar-refractivity contribution in [3.05, 3.63) is 71.0 Å². The summed E-state index contributed by atoms with van der Waals surface area (Å²) in [6.45, 7) is 11.7. The van der Waals surface area contributed by atoms with E-state index in [0.29, 0.717) is 23.6 Å². The average molecular weight is 485 g/mol. The first kappa shape index (κ1) is 24.3. The number of hydrogen-bond acceptors (Lipinski definition) is 6. The Morgan fingerprint density at radius 2 is 1.69 bits per heavy atom. The molecular weight excluding hydrogens is 448 g/mol. The van der Waals surface area contributed by atoms with E-state index in [4.69, 9.17) is 0 Å². The Labute approximate surface area is 213 Å². The van der Waals surface area contributed by atoms with Gasteiger partial charge in [0.15, 0.2) is 0 Å². The summed E-state index contributed by atoms with van der Waals surface area (Å²) in [6, 6.07) is 17.0. The molecule has 7 heteroatoms. The fraction of sp³-hybridized carbons (Fsp3) is 0.414. The molecule has 1 amide bonds. The van der Waals surface area contributed by atoms with Gasteiger partial charge in [-0.25, -0.2) is 9.97 Å². The van der Waals surface area contributed by atoms with Gasteiger partial charge in [0.1, 0.15) is 0 Å². The number of benzene rings is 2. The van der Waals surface area contributed by atoms with Gasteiger partial charge in [0.25, 0.3) is 5.91 Å². The lowest BCUT2D eigenvalue weighted by molar-refractivity contribution is 0.102. The first-order valence-corrected chi connectivity index (χ1v) is 13.0. The molecule has 2 saturated heterocycles. The molecular formula is C29H36N6O. The number of nitrogens with one attached hydrogen (secondary N) is 2. The molecule has 0 bridgehead atoms. The lowest BCUT2D eigenvalue weighted by atomic mass is 10.1. The second-order valence-corrected chi connectivity index (χ2v) is 10.2. The van der Waals surface area contributed by atoms with E-state index >= 15 is 0 Å². The molecule has 2 unspecified atom stereocenters. The van der Waals surface area contributed by atoms with Crippen LogP contribution in [0.15, 0.2) is 48.5 Å². The van der Waals surface area contributed by atoms with Crippen LogP contribution >= 0.6 is 0 Å². The highest BCUT2D eigenvalue weighted by Gasteiger charge is 2.33. The predicted octanol–water partition coefficient (Wildman–Crippen LogP) is 5.46. The maximum Gasteiger partial charge on any atom is 0.255 e. The zero-order chi connectivity index (χ0) is 25.2. The van der Waals surface area contributed by atoms with Crippen LogP contribution in [-0.2, 0) is 0 Å². The molecule has 0 radical (unpaired) electrons. The van der Waals surface area contributed by atoms with Gasteiger partial charge < -0.3 is 15.5 Å². The van der Waals surface area contributed by atoms with Crippen LogP contribution in [0.5, 0.6) is 0 Å². The topological polar surface area (TPSA) is 73.4 Å². The van der Waals surface area contributed by atoms with Crippen molar-refractivity contribution in [2.45, 2.75) is 59.0 Å². The van der Waals surface area contributed by atoms with E-state index in [-0.39, 0.29) is 5.91 Å². The minimum atomic E-state index is -0.121. The molecule has 0 saturated carbocycles. The lowest BCUT2D eigenvalue weighted by Crippen LogP contribution is -2.39. The summed E-state index contributed by atoms with van der Waals surface area (Å²) in [5.41, 5.74) is 6.42. The van der Waals surface area contributed by atoms with Gasteiger partial charge >= 0.3 is 0 Å². The maximum atomic E-state index is 12.9. The normalized spacial score (nSPS) is 20.1. The Bertz CT molecular complexity index is 1220. The lowest BCUT2D eigenvalue weighted by Gasteiger charge is -2.28. The number of carbonyl (C=O) groups is 1. The predicted molar refractivity (Wildman–Crippen MR) is 146 cm³/mol. The van der Waals surface area contributed by atoms with Crippen LogP contribution < -0.4 is 15.5 Å². The molecule has 188 valence electrons. The molecule has 1 aromatic heterocycles. The van der Waals surface area contributed by atoms with Crippen molar-refractivity contribution in [3.8, 4) is 0 Å². The van der Waals surface area contributed by atoms with Crippen molar-refractivity contribution in [1.29, 1.82) is 0 Å². The smallest absolute Gasteiger partial charge is 0.255 e. The van der Waals surface area contributed by atoms with Crippen molar-refractivity contribution < 1.29 is 4.79 Å². The van der Waals surface area contributed by atoms with Crippen molar-refractivity contribution in [1.82, 2.24) is 14.9 Å². The van der Waals surface area contributed by atoms with Gasteiger partial charge in [-0.05, 0) is 108 Å². The number of amides is 1. The molecule has 2 aliphatic heterocycles. The minimum absolute atomic E-state index is 0.121. The largest absolute Gasteiger partial charge is 0.370 e. The Morgan fingerprint density at radius 3 is 2.36 bits per heavy atom. The van der Waals surface area contributed by atoms with Crippen LogP contribution in [0.1, 0.15) is 53.5 Å². The maximum absolute atomic E-state index is 12.9. The highest BCUT2D eigenvalue weighted by molar-refractivity contribution is 6.05. The van der Waals surface area contributed by atoms with E-state index in [2.05, 4.69) is 56.4 Å². The molecule has 5 rings (SSSR count). The molecule has 7 nitrogen and oxygen atoms in total. The summed E-state index contributed by atoms with van der Waals surface area (Å²) in [7, 11) is 0. The number of aryl methyl sites for hydroxylation is 3. The van der Waals surface area contributed by atoms with Crippen LogP contribution in [0, 0.1) is 20.8 Å². The second kappa shape index (κ2) is 10.3. The van der Waals surface area contributed by atoms with E-state index in [0.717, 1.165) is 41.4 Å². The van der Waals surface area contributed by atoms with Crippen molar-refractivity contribution in [2.24, 2.45) is 0 Å². The second-order valence-electron chi connectivity index (χ2n) is 10.2. The molecule has 3 aromatic rings. The first-order chi connectivity index (χ1) is 17.4. The first-order valence-electron chi connectivity index (χ1n) is 13.0. The molecule has 2 aliphatic rings. The summed E-state index contributed by atoms with van der Waals surface area (Å²) in [5, 5.41) is 6.28. The Kier molecular flexibility index (Phi) is 6.92. The molecule has 3 heterocycles. The summed E-state index contributed by atoms with van der Waals surface area (Å²) >= 11 is 0. The number of anilines is 4. The van der Waals surface area contributed by atoms with Crippen LogP contribution in [0.4, 0.5) is 23.0 Å². The molecule has 0 spiro atoms. The van der Waals surface area contributed by atoms with E-state index in [1.807, 2.05) is 50.2 Å². The van der Waals surface area contributed by atoms with E-state index in [1.54, 1.807) is 0 Å². The quantitative estimate of drug-likeness (QED) is 0.484. The molecule has 36 heavy (non-hydrogen) atoms. The number of aromatic nitrogens is 2. The summed E-state index contributed by atoms with van der Waals surface area (Å²) in [5.74, 6) is 0.434. The standard InChI is InChI=1S/C29H36N6O/c1-19-16-25(34-15-13-26(18-34)35-14-5-6-22(35)4)11-12-27(19)33-28(36)23-7-9-24(10-8-23)32-29-30-20(2)17-21(3)31-29/h7-12,16-17,22,26H,5-6,13-15,18H2,1-4H3,(H,33,36)(H,30,31,32). The number of rotatable bonds is 6. The third-order valence-electron chi connectivity index (χ3n) is 7.45. The molecule has 0 aliphatic carbocycles. The monoisotopic (exact) mass is 484 g/mol. The summed E-state index contributed by atoms with van der Waals surface area (Å²) in [6.07, 6.45) is 3.87. The van der Waals surface area contributed by atoms with E-state index in [1.165, 1.54) is 31.5 Å². The van der Waals surface area contributed by atoms with Gasteiger partial charge in [0.2, 0.25) is 5.95 Å². The fourth-order valence-corrected chi connectivity index (χ4v) is 5.54.